The van der Waals surface area contributed by atoms with Gasteiger partial charge in [-0.25, -0.2) is 19.3 Å². The molecule has 17 heteroatoms. The number of carbonyl (C=O) groups excluding carboxylic acids is 1. The number of carbonyl (C=O) groups is 2. The fraction of sp³-hybridized carbons (Fsp3) is 0.179. The molecule has 5 aromatic rings. The van der Waals surface area contributed by atoms with Crippen molar-refractivity contribution in [3.63, 3.8) is 0 Å². The summed E-state index contributed by atoms with van der Waals surface area (Å²) in [6.07, 6.45) is -0.570. The largest absolute Gasteiger partial charge is 0.479 e. The Morgan fingerprint density at radius 3 is 2.22 bits per heavy atom. The number of aromatic carboxylic acids is 1. The fourth-order valence-electron chi connectivity index (χ4n) is 3.53. The predicted molar refractivity (Wildman–Crippen MR) is 170 cm³/mol. The molecule has 0 saturated heterocycles. The first-order chi connectivity index (χ1) is 21.2. The van der Waals surface area contributed by atoms with Crippen LogP contribution < -0.4 is 9.47 Å². The van der Waals surface area contributed by atoms with E-state index in [0.717, 1.165) is 4.68 Å². The number of esters is 1. The number of hydrogen-bond acceptors (Lipinski definition) is 9. The molecule has 1 N–H and O–H groups in total. The molecule has 2 heterocycles. The zero-order valence-corrected chi connectivity index (χ0v) is 27.5. The molecule has 0 spiro atoms. The van der Waals surface area contributed by atoms with Crippen LogP contribution in [0.1, 0.15) is 30.3 Å². The fourth-order valence-corrected chi connectivity index (χ4v) is 4.54. The Hall–Kier alpha value is -3.45. The van der Waals surface area contributed by atoms with Crippen molar-refractivity contribution in [2.24, 2.45) is 0 Å². The van der Waals surface area contributed by atoms with Gasteiger partial charge in [0.2, 0.25) is 3.79 Å². The predicted octanol–water partition coefficient (Wildman–Crippen LogP) is 8.70. The van der Waals surface area contributed by atoms with Crippen LogP contribution in [-0.4, -0.2) is 49.5 Å². The zero-order chi connectivity index (χ0) is 32.9. The molecule has 2 aromatic heterocycles. The van der Waals surface area contributed by atoms with Gasteiger partial charge in [0.25, 0.3) is 5.82 Å². The Balaban J connectivity index is 0.000000210. The number of alkyl halides is 3. The van der Waals surface area contributed by atoms with Crippen LogP contribution in [0.5, 0.6) is 17.6 Å². The first-order valence-corrected chi connectivity index (χ1v) is 14.9. The maximum absolute atomic E-state index is 11.6. The first-order valence-electron chi connectivity index (χ1n) is 12.7. The van der Waals surface area contributed by atoms with Crippen molar-refractivity contribution in [2.75, 3.05) is 6.61 Å². The highest BCUT2D eigenvalue weighted by Crippen LogP contribution is 2.39. The van der Waals surface area contributed by atoms with Gasteiger partial charge >= 0.3 is 18.0 Å². The molecule has 0 saturated carbocycles. The Bertz CT molecular complexity index is 1820. The van der Waals surface area contributed by atoms with Crippen LogP contribution in [-0.2, 0) is 13.3 Å². The van der Waals surface area contributed by atoms with Gasteiger partial charge < -0.3 is 23.7 Å². The lowest BCUT2D eigenvalue weighted by Crippen LogP contribution is -2.25. The molecule has 3 aromatic carbocycles. The number of carboxylic acid groups (broad SMARTS) is 1. The van der Waals surface area contributed by atoms with Gasteiger partial charge in [-0.05, 0) is 68.4 Å². The number of ether oxygens (including phenoxy) is 3. The SMILES string of the molecule is CCOC(=O)C(C)Oc1ccc(Oc2nc3ccc(Cl)cc3o2)cc1.O=C(O)c1nc(C(Cl)(Cl)Cl)n(-c2ccc(Cl)cc2Cl)n1. The van der Waals surface area contributed by atoms with E-state index in [4.69, 9.17) is 93.3 Å². The monoisotopic (exact) mass is 734 g/mol. The minimum Gasteiger partial charge on any atom is -0.479 e. The van der Waals surface area contributed by atoms with E-state index in [9.17, 15) is 9.59 Å². The molecule has 0 aliphatic heterocycles. The van der Waals surface area contributed by atoms with E-state index >= 15 is 0 Å². The van der Waals surface area contributed by atoms with Gasteiger partial charge in [-0.15, -0.1) is 5.10 Å². The lowest BCUT2D eigenvalue weighted by molar-refractivity contribution is -0.150. The summed E-state index contributed by atoms with van der Waals surface area (Å²) in [5, 5.41) is 13.9. The van der Waals surface area contributed by atoms with Crippen LogP contribution in [0, 0.1) is 0 Å². The summed E-state index contributed by atoms with van der Waals surface area (Å²) in [4.78, 5) is 30.4. The second-order valence-corrected chi connectivity index (χ2v) is 12.3. The quantitative estimate of drug-likeness (QED) is 0.122. The minimum absolute atomic E-state index is 0.117. The normalized spacial score (nSPS) is 11.8. The van der Waals surface area contributed by atoms with Gasteiger partial charge in [0, 0.05) is 16.1 Å². The number of fused-ring (bicyclic) bond motifs is 1. The second-order valence-electron chi connectivity index (χ2n) is 8.75. The maximum atomic E-state index is 11.6. The van der Waals surface area contributed by atoms with E-state index in [0.29, 0.717) is 39.3 Å². The lowest BCUT2D eigenvalue weighted by atomic mass is 10.3. The summed E-state index contributed by atoms with van der Waals surface area (Å²) in [7, 11) is 0. The number of halogens is 6. The molecular weight excluding hydrogens is 717 g/mol. The van der Waals surface area contributed by atoms with Gasteiger partial charge in [0.15, 0.2) is 17.5 Å². The molecule has 0 amide bonds. The summed E-state index contributed by atoms with van der Waals surface area (Å²) in [5.41, 5.74) is 1.49. The number of nitrogens with zero attached hydrogens (tertiary/aromatic N) is 4. The molecule has 236 valence electrons. The van der Waals surface area contributed by atoms with Gasteiger partial charge in [0.05, 0.1) is 17.3 Å². The summed E-state index contributed by atoms with van der Waals surface area (Å²) in [5.74, 6) is -1.43. The zero-order valence-electron chi connectivity index (χ0n) is 23.0. The molecule has 0 bridgehead atoms. The number of rotatable bonds is 8. The van der Waals surface area contributed by atoms with Crippen molar-refractivity contribution >= 4 is 92.6 Å². The Morgan fingerprint density at radius 1 is 0.956 bits per heavy atom. The van der Waals surface area contributed by atoms with Crippen LogP contribution in [0.25, 0.3) is 16.8 Å². The third-order valence-corrected chi connectivity index (χ3v) is 6.76. The van der Waals surface area contributed by atoms with E-state index in [1.54, 1.807) is 56.3 Å². The molecule has 0 fully saturated rings. The van der Waals surface area contributed by atoms with E-state index in [-0.39, 0.29) is 22.6 Å². The van der Waals surface area contributed by atoms with Crippen LogP contribution >= 0.6 is 69.6 Å². The van der Waals surface area contributed by atoms with Gasteiger partial charge in [-0.1, -0.05) is 69.6 Å². The van der Waals surface area contributed by atoms with E-state index in [2.05, 4.69) is 15.1 Å². The van der Waals surface area contributed by atoms with Crippen LogP contribution in [0.4, 0.5) is 0 Å². The van der Waals surface area contributed by atoms with Crippen molar-refractivity contribution < 1.29 is 33.3 Å². The van der Waals surface area contributed by atoms with Crippen LogP contribution in [0.15, 0.2) is 65.1 Å². The minimum atomic E-state index is -1.97. The number of hydrogen-bond donors (Lipinski definition) is 1. The van der Waals surface area contributed by atoms with Crippen molar-refractivity contribution in [3.05, 3.63) is 87.4 Å². The highest BCUT2D eigenvalue weighted by molar-refractivity contribution is 6.66. The summed E-state index contributed by atoms with van der Waals surface area (Å²) in [6, 6.07) is 16.4. The summed E-state index contributed by atoms with van der Waals surface area (Å²) >= 11 is 35.0. The number of benzene rings is 3. The van der Waals surface area contributed by atoms with Crippen LogP contribution in [0.3, 0.4) is 0 Å². The number of aromatic nitrogens is 4. The van der Waals surface area contributed by atoms with Crippen molar-refractivity contribution in [1.29, 1.82) is 0 Å². The molecule has 1 unspecified atom stereocenters. The van der Waals surface area contributed by atoms with Crippen molar-refractivity contribution in [2.45, 2.75) is 23.7 Å². The second kappa shape index (κ2) is 14.8. The van der Waals surface area contributed by atoms with Crippen LogP contribution in [0.2, 0.25) is 15.1 Å². The van der Waals surface area contributed by atoms with Gasteiger partial charge in [0.1, 0.15) is 17.0 Å². The smallest absolute Gasteiger partial charge is 0.400 e. The Kier molecular flexibility index (Phi) is 11.3. The standard InChI is InChI=1S/C18H16ClNO5.C10H4Cl5N3O2/c1-3-22-17(21)11(2)23-13-5-7-14(8-6-13)24-18-20-15-9-4-12(19)10-16(15)25-18;11-4-1-2-6(5(12)3-4)18-9(10(13,14)15)16-7(17-18)8(19)20/h4-11H,3H2,1-2H3;1-3H,(H,19,20). The maximum Gasteiger partial charge on any atom is 0.400 e. The molecule has 1 atom stereocenters. The van der Waals surface area contributed by atoms with Gasteiger partial charge in [-0.3, -0.25) is 0 Å². The highest BCUT2D eigenvalue weighted by Gasteiger charge is 2.33. The summed E-state index contributed by atoms with van der Waals surface area (Å²) < 4.78 is 20.6. The average molecular weight is 737 g/mol. The molecule has 5 rings (SSSR count). The lowest BCUT2D eigenvalue weighted by Gasteiger charge is -2.13. The number of oxazole rings is 1. The van der Waals surface area contributed by atoms with Gasteiger partial charge in [-0.2, -0.15) is 4.98 Å². The van der Waals surface area contributed by atoms with E-state index < -0.39 is 27.7 Å². The van der Waals surface area contributed by atoms with Crippen molar-refractivity contribution in [1.82, 2.24) is 19.7 Å². The highest BCUT2D eigenvalue weighted by atomic mass is 35.6. The molecule has 0 aliphatic rings. The first kappa shape index (κ1) is 34.4. The van der Waals surface area contributed by atoms with E-state index in [1.807, 2.05) is 0 Å². The van der Waals surface area contributed by atoms with E-state index in [1.165, 1.54) is 18.2 Å². The molecule has 0 aliphatic carbocycles. The molecular formula is C28H20Cl6N4O7. The molecule has 45 heavy (non-hydrogen) atoms. The molecule has 11 nitrogen and oxygen atoms in total. The van der Waals surface area contributed by atoms with Crippen molar-refractivity contribution in [3.8, 4) is 23.3 Å². The number of carboxylic acids is 1. The molecule has 0 radical (unpaired) electrons. The third kappa shape index (κ3) is 9.06. The average Bonchev–Trinajstić information content (AvgIpc) is 3.59. The third-order valence-electron chi connectivity index (χ3n) is 5.48. The topological polar surface area (TPSA) is 139 Å². The summed E-state index contributed by atoms with van der Waals surface area (Å²) in [6.45, 7) is 3.69. The Morgan fingerprint density at radius 2 is 1.60 bits per heavy atom. The Labute approximate surface area is 285 Å².